The van der Waals surface area contributed by atoms with E-state index in [1.807, 2.05) is 18.2 Å². The van der Waals surface area contributed by atoms with Gasteiger partial charge in [-0.2, -0.15) is 0 Å². The van der Waals surface area contributed by atoms with Crippen LogP contribution in [0.3, 0.4) is 0 Å². The smallest absolute Gasteiger partial charge is 0.329 e. The number of ether oxygens (including phenoxy) is 1. The standard InChI is InChI=1S/C23H21FN2O5/c24-18-10-5-4-9-17(18)14-25-21(27)15-31-23(29)19(13-16-7-2-1-3-8-16)26-22(28)20-11-6-12-30-20/h1-12,19H,13-15H2,(H,25,27)(H,26,28)/t19-/m0/s1. The quantitative estimate of drug-likeness (QED) is 0.515. The molecule has 3 rings (SSSR count). The van der Waals surface area contributed by atoms with Crippen molar-refractivity contribution in [1.29, 1.82) is 0 Å². The maximum Gasteiger partial charge on any atom is 0.329 e. The normalized spacial score (nSPS) is 11.4. The van der Waals surface area contributed by atoms with Crippen LogP contribution in [0.15, 0.2) is 77.4 Å². The Morgan fingerprint density at radius 3 is 2.42 bits per heavy atom. The first-order valence-electron chi connectivity index (χ1n) is 9.58. The monoisotopic (exact) mass is 424 g/mol. The van der Waals surface area contributed by atoms with E-state index < -0.39 is 36.2 Å². The fraction of sp³-hybridized carbons (Fsp3) is 0.174. The summed E-state index contributed by atoms with van der Waals surface area (Å²) in [5, 5.41) is 5.06. The number of amides is 2. The topological polar surface area (TPSA) is 97.6 Å². The Balaban J connectivity index is 1.57. The van der Waals surface area contributed by atoms with E-state index in [4.69, 9.17) is 9.15 Å². The number of benzene rings is 2. The zero-order chi connectivity index (χ0) is 22.1. The molecule has 1 atom stereocenters. The van der Waals surface area contributed by atoms with Gasteiger partial charge in [0, 0.05) is 18.5 Å². The molecule has 0 aliphatic heterocycles. The lowest BCUT2D eigenvalue weighted by Crippen LogP contribution is -2.44. The summed E-state index contributed by atoms with van der Waals surface area (Å²) in [6, 6.07) is 17.1. The molecule has 160 valence electrons. The predicted octanol–water partition coefficient (Wildman–Crippen LogP) is 2.62. The fourth-order valence-electron chi connectivity index (χ4n) is 2.80. The van der Waals surface area contributed by atoms with Crippen LogP contribution in [0.4, 0.5) is 4.39 Å². The second kappa shape index (κ2) is 10.7. The van der Waals surface area contributed by atoms with Gasteiger partial charge in [-0.15, -0.1) is 0 Å². The van der Waals surface area contributed by atoms with Crippen molar-refractivity contribution in [2.75, 3.05) is 6.61 Å². The summed E-state index contributed by atoms with van der Waals surface area (Å²) in [7, 11) is 0. The van der Waals surface area contributed by atoms with Gasteiger partial charge in [0.1, 0.15) is 11.9 Å². The summed E-state index contributed by atoms with van der Waals surface area (Å²) in [4.78, 5) is 36.9. The lowest BCUT2D eigenvalue weighted by atomic mass is 10.1. The highest BCUT2D eigenvalue weighted by atomic mass is 19.1. The summed E-state index contributed by atoms with van der Waals surface area (Å²) in [5.41, 5.74) is 1.11. The molecule has 1 heterocycles. The van der Waals surface area contributed by atoms with Gasteiger partial charge in [0.25, 0.3) is 11.8 Å². The average Bonchev–Trinajstić information content (AvgIpc) is 3.32. The van der Waals surface area contributed by atoms with Gasteiger partial charge < -0.3 is 19.8 Å². The van der Waals surface area contributed by atoms with E-state index in [0.29, 0.717) is 5.56 Å². The van der Waals surface area contributed by atoms with Crippen LogP contribution < -0.4 is 10.6 Å². The molecule has 0 bridgehead atoms. The van der Waals surface area contributed by atoms with Gasteiger partial charge in [0.15, 0.2) is 12.4 Å². The van der Waals surface area contributed by atoms with Crippen LogP contribution in [0, 0.1) is 5.82 Å². The summed E-state index contributed by atoms with van der Waals surface area (Å²) >= 11 is 0. The van der Waals surface area contributed by atoms with E-state index in [2.05, 4.69) is 10.6 Å². The lowest BCUT2D eigenvalue weighted by molar-refractivity contribution is -0.150. The first kappa shape index (κ1) is 21.8. The molecule has 0 fully saturated rings. The number of furan rings is 1. The molecule has 2 amide bonds. The number of carbonyl (C=O) groups excluding carboxylic acids is 3. The molecule has 3 aromatic rings. The molecule has 0 radical (unpaired) electrons. The molecule has 1 aromatic heterocycles. The number of halogens is 1. The maximum atomic E-state index is 13.6. The SMILES string of the molecule is O=C(COC(=O)[C@H](Cc1ccccc1)NC(=O)c1ccco1)NCc1ccccc1F. The molecule has 2 N–H and O–H groups in total. The largest absolute Gasteiger partial charge is 0.459 e. The number of carbonyl (C=O) groups is 3. The number of hydrogen-bond acceptors (Lipinski definition) is 5. The third-order valence-corrected chi connectivity index (χ3v) is 4.40. The summed E-state index contributed by atoms with van der Waals surface area (Å²) in [5.74, 6) is -2.33. The minimum absolute atomic E-state index is 0.0360. The van der Waals surface area contributed by atoms with Crippen molar-refractivity contribution >= 4 is 17.8 Å². The van der Waals surface area contributed by atoms with Crippen LogP contribution in [0.2, 0.25) is 0 Å². The first-order valence-corrected chi connectivity index (χ1v) is 9.58. The van der Waals surface area contributed by atoms with Crippen molar-refractivity contribution in [1.82, 2.24) is 10.6 Å². The summed E-state index contributed by atoms with van der Waals surface area (Å²) in [6.45, 7) is -0.596. The number of esters is 1. The Morgan fingerprint density at radius 1 is 0.968 bits per heavy atom. The molecule has 0 spiro atoms. The van der Waals surface area contributed by atoms with E-state index in [1.165, 1.54) is 18.4 Å². The van der Waals surface area contributed by atoms with E-state index in [0.717, 1.165) is 5.56 Å². The third kappa shape index (κ3) is 6.53. The minimum Gasteiger partial charge on any atom is -0.459 e. The van der Waals surface area contributed by atoms with Crippen molar-refractivity contribution in [2.45, 2.75) is 19.0 Å². The Morgan fingerprint density at radius 2 is 1.71 bits per heavy atom. The average molecular weight is 424 g/mol. The van der Waals surface area contributed by atoms with Crippen LogP contribution in [0.5, 0.6) is 0 Å². The van der Waals surface area contributed by atoms with Crippen molar-refractivity contribution in [2.24, 2.45) is 0 Å². The molecule has 0 aliphatic carbocycles. The van der Waals surface area contributed by atoms with E-state index in [-0.39, 0.29) is 18.7 Å². The Hall–Kier alpha value is -3.94. The first-order chi connectivity index (χ1) is 15.0. The molecular formula is C23H21FN2O5. The highest BCUT2D eigenvalue weighted by molar-refractivity contribution is 5.94. The van der Waals surface area contributed by atoms with E-state index in [9.17, 15) is 18.8 Å². The van der Waals surface area contributed by atoms with Crippen molar-refractivity contribution in [3.63, 3.8) is 0 Å². The maximum absolute atomic E-state index is 13.6. The lowest BCUT2D eigenvalue weighted by Gasteiger charge is -2.17. The highest BCUT2D eigenvalue weighted by Crippen LogP contribution is 2.08. The second-order valence-corrected chi connectivity index (χ2v) is 6.67. The van der Waals surface area contributed by atoms with Gasteiger partial charge in [-0.3, -0.25) is 9.59 Å². The molecule has 0 saturated carbocycles. The molecule has 7 nitrogen and oxygen atoms in total. The minimum atomic E-state index is -1.03. The van der Waals surface area contributed by atoms with Crippen LogP contribution in [0.25, 0.3) is 0 Å². The zero-order valence-corrected chi connectivity index (χ0v) is 16.5. The van der Waals surface area contributed by atoms with Gasteiger partial charge in [-0.25, -0.2) is 9.18 Å². The number of nitrogens with one attached hydrogen (secondary N) is 2. The van der Waals surface area contributed by atoms with Gasteiger partial charge in [0.05, 0.1) is 6.26 Å². The van der Waals surface area contributed by atoms with Crippen molar-refractivity contribution in [3.05, 3.63) is 95.7 Å². The van der Waals surface area contributed by atoms with Crippen molar-refractivity contribution < 1.29 is 27.9 Å². The predicted molar refractivity (Wildman–Crippen MR) is 109 cm³/mol. The van der Waals surface area contributed by atoms with Gasteiger partial charge in [-0.05, 0) is 23.8 Å². The van der Waals surface area contributed by atoms with E-state index in [1.54, 1.807) is 36.4 Å². The molecule has 0 saturated heterocycles. The molecular weight excluding hydrogens is 403 g/mol. The van der Waals surface area contributed by atoms with Gasteiger partial charge in [-0.1, -0.05) is 48.5 Å². The molecule has 0 aliphatic rings. The number of hydrogen-bond donors (Lipinski definition) is 2. The fourth-order valence-corrected chi connectivity index (χ4v) is 2.80. The van der Waals surface area contributed by atoms with Crippen LogP contribution in [-0.4, -0.2) is 30.4 Å². The summed E-state index contributed by atoms with van der Waals surface area (Å²) < 4.78 is 23.8. The molecule has 2 aromatic carbocycles. The Labute approximate surface area is 178 Å². The van der Waals surface area contributed by atoms with E-state index >= 15 is 0 Å². The third-order valence-electron chi connectivity index (χ3n) is 4.40. The van der Waals surface area contributed by atoms with Crippen LogP contribution in [-0.2, 0) is 27.3 Å². The summed E-state index contributed by atoms with van der Waals surface area (Å²) in [6.07, 6.45) is 1.52. The number of rotatable bonds is 9. The van der Waals surface area contributed by atoms with Crippen LogP contribution in [0.1, 0.15) is 21.7 Å². The van der Waals surface area contributed by atoms with Gasteiger partial charge in [0.2, 0.25) is 0 Å². The molecule has 0 unspecified atom stereocenters. The second-order valence-electron chi connectivity index (χ2n) is 6.67. The molecule has 8 heteroatoms. The molecule has 31 heavy (non-hydrogen) atoms. The van der Waals surface area contributed by atoms with Crippen LogP contribution >= 0.6 is 0 Å². The Kier molecular flexibility index (Phi) is 7.53. The van der Waals surface area contributed by atoms with Crippen molar-refractivity contribution in [3.8, 4) is 0 Å². The highest BCUT2D eigenvalue weighted by Gasteiger charge is 2.25. The Bertz CT molecular complexity index is 1020. The zero-order valence-electron chi connectivity index (χ0n) is 16.5. The van der Waals surface area contributed by atoms with Gasteiger partial charge >= 0.3 is 5.97 Å².